The minimum atomic E-state index is -0.325. The Morgan fingerprint density at radius 1 is 1.04 bits per heavy atom. The van der Waals surface area contributed by atoms with Gasteiger partial charge in [0, 0.05) is 19.6 Å². The first-order valence-electron chi connectivity index (χ1n) is 9.15. The first kappa shape index (κ1) is 18.8. The number of hydrogen-bond donors (Lipinski definition) is 2. The van der Waals surface area contributed by atoms with Gasteiger partial charge < -0.3 is 20.3 Å². The highest BCUT2D eigenvalue weighted by Gasteiger charge is 2.20. The van der Waals surface area contributed by atoms with Crippen LogP contribution >= 0.6 is 0 Å². The Hall–Kier alpha value is -3.02. The van der Waals surface area contributed by atoms with E-state index in [0.717, 1.165) is 17.7 Å². The van der Waals surface area contributed by atoms with Gasteiger partial charge >= 0.3 is 6.03 Å². The van der Waals surface area contributed by atoms with E-state index in [0.29, 0.717) is 26.1 Å². The molecule has 0 bridgehead atoms. The molecule has 0 spiro atoms. The molecule has 0 radical (unpaired) electrons. The predicted octanol–water partition coefficient (Wildman–Crippen LogP) is 2.12. The highest BCUT2D eigenvalue weighted by molar-refractivity contribution is 5.84. The second-order valence-corrected chi connectivity index (χ2v) is 6.54. The molecule has 2 aromatic carbocycles. The molecule has 2 N–H and O–H groups in total. The summed E-state index contributed by atoms with van der Waals surface area (Å²) in [5, 5.41) is 5.43. The van der Waals surface area contributed by atoms with Gasteiger partial charge in [-0.25, -0.2) is 4.79 Å². The fraction of sp³-hybridized carbons (Fsp3) is 0.333. The number of amides is 3. The number of carbonyl (C=O) groups is 2. The fourth-order valence-corrected chi connectivity index (χ4v) is 3.15. The Bertz CT molecular complexity index is 790. The van der Waals surface area contributed by atoms with Gasteiger partial charge in [0.25, 0.3) is 0 Å². The summed E-state index contributed by atoms with van der Waals surface area (Å²) in [5.74, 6) is 0.748. The number of ether oxygens (including phenoxy) is 1. The molecule has 142 valence electrons. The van der Waals surface area contributed by atoms with E-state index in [1.165, 1.54) is 11.1 Å². The second kappa shape index (κ2) is 9.07. The highest BCUT2D eigenvalue weighted by Crippen LogP contribution is 2.18. The van der Waals surface area contributed by atoms with Crippen molar-refractivity contribution in [3.8, 4) is 5.75 Å². The van der Waals surface area contributed by atoms with Crippen molar-refractivity contribution in [2.75, 3.05) is 26.7 Å². The molecule has 0 unspecified atom stereocenters. The maximum absolute atomic E-state index is 12.3. The van der Waals surface area contributed by atoms with Crippen molar-refractivity contribution in [1.82, 2.24) is 15.5 Å². The van der Waals surface area contributed by atoms with Crippen LogP contribution in [-0.4, -0.2) is 43.6 Å². The van der Waals surface area contributed by atoms with Crippen molar-refractivity contribution < 1.29 is 14.3 Å². The summed E-state index contributed by atoms with van der Waals surface area (Å²) >= 11 is 0. The molecular formula is C21H25N3O3. The summed E-state index contributed by atoms with van der Waals surface area (Å²) in [6.07, 6.45) is 1.57. The number of hydrogen-bond acceptors (Lipinski definition) is 3. The van der Waals surface area contributed by atoms with Crippen LogP contribution in [0.3, 0.4) is 0 Å². The lowest BCUT2D eigenvalue weighted by Crippen LogP contribution is -2.45. The Labute approximate surface area is 159 Å². The molecule has 6 heteroatoms. The van der Waals surface area contributed by atoms with Crippen molar-refractivity contribution in [2.24, 2.45) is 0 Å². The number of rotatable bonds is 6. The van der Waals surface area contributed by atoms with Gasteiger partial charge in [-0.15, -0.1) is 0 Å². The minimum absolute atomic E-state index is 0.0105. The third-order valence-corrected chi connectivity index (χ3v) is 4.74. The van der Waals surface area contributed by atoms with Crippen LogP contribution in [0.15, 0.2) is 48.5 Å². The zero-order valence-corrected chi connectivity index (χ0v) is 15.5. The Morgan fingerprint density at radius 2 is 1.78 bits per heavy atom. The topological polar surface area (TPSA) is 70.7 Å². The van der Waals surface area contributed by atoms with Crippen LogP contribution in [0.25, 0.3) is 0 Å². The molecule has 6 nitrogen and oxygen atoms in total. The van der Waals surface area contributed by atoms with Crippen LogP contribution in [0, 0.1) is 0 Å². The number of nitrogens with zero attached hydrogens (tertiary/aromatic N) is 1. The molecule has 0 fully saturated rings. The monoisotopic (exact) mass is 367 g/mol. The van der Waals surface area contributed by atoms with E-state index in [1.807, 2.05) is 42.5 Å². The number of methoxy groups -OCH3 is 1. The maximum Gasteiger partial charge on any atom is 0.315 e. The van der Waals surface area contributed by atoms with E-state index in [4.69, 9.17) is 4.74 Å². The number of benzene rings is 2. The van der Waals surface area contributed by atoms with Gasteiger partial charge in [-0.3, -0.25) is 4.79 Å². The molecule has 0 aliphatic carbocycles. The molecule has 3 amide bonds. The van der Waals surface area contributed by atoms with Gasteiger partial charge in [-0.05, 0) is 41.7 Å². The predicted molar refractivity (Wildman–Crippen MR) is 104 cm³/mol. The van der Waals surface area contributed by atoms with E-state index >= 15 is 0 Å². The van der Waals surface area contributed by atoms with Crippen molar-refractivity contribution in [1.29, 1.82) is 0 Å². The summed E-state index contributed by atoms with van der Waals surface area (Å²) < 4.78 is 5.12. The van der Waals surface area contributed by atoms with Crippen molar-refractivity contribution in [3.05, 3.63) is 65.2 Å². The second-order valence-electron chi connectivity index (χ2n) is 6.54. The van der Waals surface area contributed by atoms with Crippen molar-refractivity contribution in [2.45, 2.75) is 19.4 Å². The van der Waals surface area contributed by atoms with E-state index in [-0.39, 0.29) is 18.5 Å². The van der Waals surface area contributed by atoms with E-state index in [2.05, 4.69) is 16.7 Å². The third-order valence-electron chi connectivity index (χ3n) is 4.74. The molecule has 1 heterocycles. The molecule has 0 saturated heterocycles. The average molecular weight is 367 g/mol. The smallest absolute Gasteiger partial charge is 0.315 e. The first-order valence-corrected chi connectivity index (χ1v) is 9.15. The summed E-state index contributed by atoms with van der Waals surface area (Å²) in [4.78, 5) is 26.0. The SMILES string of the molecule is COc1ccc(CCNC(=O)NCC(=O)N2CCc3ccccc3C2)cc1. The molecule has 0 saturated carbocycles. The third kappa shape index (κ3) is 5.23. The minimum Gasteiger partial charge on any atom is -0.497 e. The Kier molecular flexibility index (Phi) is 6.30. The van der Waals surface area contributed by atoms with Gasteiger partial charge in [0.2, 0.25) is 5.91 Å². The quantitative estimate of drug-likeness (QED) is 0.822. The van der Waals surface area contributed by atoms with Crippen molar-refractivity contribution >= 4 is 11.9 Å². The standard InChI is InChI=1S/C21H25N3O3/c1-27-19-8-6-16(7-9-19)10-12-22-21(26)23-14-20(25)24-13-11-17-4-2-3-5-18(17)15-24/h2-9H,10-15H2,1H3,(H2,22,23,26). The molecule has 1 aliphatic rings. The highest BCUT2D eigenvalue weighted by atomic mass is 16.5. The van der Waals surface area contributed by atoms with Gasteiger partial charge in [0.1, 0.15) is 5.75 Å². The first-order chi connectivity index (χ1) is 13.2. The molecular weight excluding hydrogens is 342 g/mol. The van der Waals surface area contributed by atoms with Crippen molar-refractivity contribution in [3.63, 3.8) is 0 Å². The summed E-state index contributed by atoms with van der Waals surface area (Å²) in [7, 11) is 1.63. The summed E-state index contributed by atoms with van der Waals surface area (Å²) in [5.41, 5.74) is 3.59. The van der Waals surface area contributed by atoms with Crippen LogP contribution in [0.2, 0.25) is 0 Å². The number of urea groups is 1. The molecule has 27 heavy (non-hydrogen) atoms. The Balaban J connectivity index is 1.37. The largest absolute Gasteiger partial charge is 0.497 e. The van der Waals surface area contributed by atoms with Gasteiger partial charge in [-0.1, -0.05) is 36.4 Å². The molecule has 2 aromatic rings. The van der Waals surface area contributed by atoms with Crippen LogP contribution < -0.4 is 15.4 Å². The molecule has 0 aromatic heterocycles. The van der Waals surface area contributed by atoms with Gasteiger partial charge in [0.15, 0.2) is 0 Å². The maximum atomic E-state index is 12.3. The lowest BCUT2D eigenvalue weighted by atomic mass is 10.00. The number of nitrogens with one attached hydrogen (secondary N) is 2. The fourth-order valence-electron chi connectivity index (χ4n) is 3.15. The molecule has 1 aliphatic heterocycles. The van der Waals surface area contributed by atoms with E-state index in [1.54, 1.807) is 12.0 Å². The Morgan fingerprint density at radius 3 is 2.52 bits per heavy atom. The zero-order chi connectivity index (χ0) is 19.1. The number of carbonyl (C=O) groups excluding carboxylic acids is 2. The summed E-state index contributed by atoms with van der Waals surface area (Å²) in [6.45, 7) is 1.81. The van der Waals surface area contributed by atoms with E-state index in [9.17, 15) is 9.59 Å². The lowest BCUT2D eigenvalue weighted by Gasteiger charge is -2.29. The lowest BCUT2D eigenvalue weighted by molar-refractivity contribution is -0.130. The van der Waals surface area contributed by atoms with Crippen LogP contribution in [0.1, 0.15) is 16.7 Å². The summed E-state index contributed by atoms with van der Waals surface area (Å²) in [6, 6.07) is 15.6. The van der Waals surface area contributed by atoms with Gasteiger partial charge in [0.05, 0.1) is 13.7 Å². The van der Waals surface area contributed by atoms with Gasteiger partial charge in [-0.2, -0.15) is 0 Å². The van der Waals surface area contributed by atoms with Crippen LogP contribution in [-0.2, 0) is 24.2 Å². The number of fused-ring (bicyclic) bond motifs is 1. The average Bonchev–Trinajstić information content (AvgIpc) is 2.72. The van der Waals surface area contributed by atoms with Crippen LogP contribution in [0.4, 0.5) is 4.79 Å². The normalized spacial score (nSPS) is 12.9. The van der Waals surface area contributed by atoms with Crippen LogP contribution in [0.5, 0.6) is 5.75 Å². The van der Waals surface area contributed by atoms with E-state index < -0.39 is 0 Å². The molecule has 0 atom stereocenters. The zero-order valence-electron chi connectivity index (χ0n) is 15.5. The molecule has 3 rings (SSSR count).